The topological polar surface area (TPSA) is 198 Å². The van der Waals surface area contributed by atoms with Crippen molar-refractivity contribution in [3.8, 4) is 11.4 Å². The molecule has 2 saturated heterocycles. The normalized spacial score (nSPS) is 18.2. The Morgan fingerprint density at radius 1 is 1.17 bits per heavy atom. The third-order valence-electron chi connectivity index (χ3n) is 6.72. The minimum Gasteiger partial charge on any atom is -0.378 e. The predicted octanol–water partition coefficient (Wildman–Crippen LogP) is 0.372. The molecule has 41 heavy (non-hydrogen) atoms. The Hall–Kier alpha value is -2.91. The molecule has 3 aromatic heterocycles. The molecule has 2 aliphatic rings. The van der Waals surface area contributed by atoms with Gasteiger partial charge in [-0.1, -0.05) is 0 Å². The summed E-state index contributed by atoms with van der Waals surface area (Å²) in [5, 5.41) is 2.29. The summed E-state index contributed by atoms with van der Waals surface area (Å²) in [5.74, 6) is 5.92. The maximum Gasteiger partial charge on any atom is 0.357 e. The number of nitrogens with zero attached hydrogens (tertiary/aromatic N) is 8. The fourth-order valence-electron chi connectivity index (χ4n) is 4.54. The number of carbonyl (C=O) groups is 1. The van der Waals surface area contributed by atoms with Crippen LogP contribution in [-0.2, 0) is 36.5 Å². The smallest absolute Gasteiger partial charge is 0.357 e. The van der Waals surface area contributed by atoms with Crippen molar-refractivity contribution in [2.24, 2.45) is 10.3 Å². The molecule has 2 amide bonds. The van der Waals surface area contributed by atoms with Crippen LogP contribution in [0.2, 0.25) is 0 Å². The van der Waals surface area contributed by atoms with E-state index in [1.54, 1.807) is 11.3 Å². The second-order valence-electron chi connectivity index (χ2n) is 9.41. The average Bonchev–Trinajstić information content (AvgIpc) is 3.27. The lowest BCUT2D eigenvalue weighted by Gasteiger charge is -2.33. The number of thiophene rings is 1. The van der Waals surface area contributed by atoms with Crippen LogP contribution in [-0.4, -0.2) is 107 Å². The van der Waals surface area contributed by atoms with Crippen LogP contribution < -0.4 is 16.1 Å². The Balaban J connectivity index is 1.44. The van der Waals surface area contributed by atoms with Gasteiger partial charge >= 0.3 is 6.03 Å². The van der Waals surface area contributed by atoms with Gasteiger partial charge in [-0.2, -0.15) is 14.5 Å². The van der Waals surface area contributed by atoms with Gasteiger partial charge in [0.15, 0.2) is 22.5 Å². The molecule has 16 nitrogen and oxygen atoms in total. The zero-order valence-corrected chi connectivity index (χ0v) is 24.9. The number of urea groups is 1. The van der Waals surface area contributed by atoms with Crippen molar-refractivity contribution in [3.05, 3.63) is 22.8 Å². The largest absolute Gasteiger partial charge is 0.378 e. The van der Waals surface area contributed by atoms with Crippen LogP contribution >= 0.6 is 11.3 Å². The molecule has 1 unspecified atom stereocenters. The first-order valence-electron chi connectivity index (χ1n) is 12.6. The number of aryl methyl sites for hydroxylation is 1. The Morgan fingerprint density at radius 2 is 1.85 bits per heavy atom. The lowest BCUT2D eigenvalue weighted by Crippen LogP contribution is -2.47. The molecular weight excluding hydrogens is 597 g/mol. The monoisotopic (exact) mass is 626 g/mol. The van der Waals surface area contributed by atoms with Crippen molar-refractivity contribution in [1.82, 2.24) is 29.1 Å². The average molecular weight is 627 g/mol. The van der Waals surface area contributed by atoms with Crippen LogP contribution in [0, 0.1) is 6.92 Å². The first-order chi connectivity index (χ1) is 19.6. The van der Waals surface area contributed by atoms with Gasteiger partial charge in [0.1, 0.15) is 0 Å². The second-order valence-corrected chi connectivity index (χ2v) is 13.4. The summed E-state index contributed by atoms with van der Waals surface area (Å²) in [4.78, 5) is 35.4. The maximum atomic E-state index is 11.9. The number of thiol groups is 1. The molecule has 3 N–H and O–H groups in total. The number of morpholine rings is 1. The number of amides is 2. The Bertz CT molecular complexity index is 1610. The minimum absolute atomic E-state index is 0.0534. The van der Waals surface area contributed by atoms with Crippen LogP contribution in [0.3, 0.4) is 0 Å². The molecule has 0 bridgehead atoms. The number of hydrogen-bond acceptors (Lipinski definition) is 14. The molecular formula is C22H30N10O6S3. The lowest BCUT2D eigenvalue weighted by molar-refractivity contribution is 0.122. The van der Waals surface area contributed by atoms with E-state index < -0.39 is 26.9 Å². The zero-order chi connectivity index (χ0) is 29.1. The summed E-state index contributed by atoms with van der Waals surface area (Å²) in [6.45, 7) is 7.51. The van der Waals surface area contributed by atoms with Gasteiger partial charge < -0.3 is 9.64 Å². The van der Waals surface area contributed by atoms with E-state index in [9.17, 15) is 17.4 Å². The van der Waals surface area contributed by atoms with E-state index in [0.29, 0.717) is 70.4 Å². The fraction of sp³-hybridized carbons (Fsp3) is 0.500. The van der Waals surface area contributed by atoms with E-state index in [2.05, 4.69) is 33.7 Å². The number of anilines is 2. The van der Waals surface area contributed by atoms with E-state index >= 15 is 0 Å². The molecule has 2 fully saturated rings. The number of rotatable bonds is 7. The molecule has 0 aromatic carbocycles. The highest BCUT2D eigenvalue weighted by atomic mass is 32.2. The van der Waals surface area contributed by atoms with E-state index in [4.69, 9.17) is 20.6 Å². The molecule has 0 spiro atoms. The summed E-state index contributed by atoms with van der Waals surface area (Å²) < 4.78 is 50.2. The molecule has 0 aliphatic carbocycles. The Morgan fingerprint density at radius 3 is 2.49 bits per heavy atom. The Kier molecular flexibility index (Phi) is 9.04. The first kappa shape index (κ1) is 29.6. The van der Waals surface area contributed by atoms with Gasteiger partial charge in [-0.3, -0.25) is 10.2 Å². The van der Waals surface area contributed by atoms with E-state index in [-0.39, 0.29) is 5.95 Å². The fourth-order valence-corrected chi connectivity index (χ4v) is 6.91. The minimum atomic E-state index is -3.20. The van der Waals surface area contributed by atoms with Crippen LogP contribution in [0.25, 0.3) is 21.6 Å². The molecule has 3 aromatic rings. The summed E-state index contributed by atoms with van der Waals surface area (Å²) in [6.07, 6.45) is 4.21. The number of nitrogens with one attached hydrogen (secondary N) is 1. The molecule has 5 rings (SSSR count). The van der Waals surface area contributed by atoms with Crippen LogP contribution in [0.5, 0.6) is 0 Å². The number of aromatic nitrogens is 4. The van der Waals surface area contributed by atoms with Crippen molar-refractivity contribution in [2.45, 2.75) is 13.5 Å². The number of fused-ring (bicyclic) bond motifs is 1. The van der Waals surface area contributed by atoms with Gasteiger partial charge in [0.2, 0.25) is 16.0 Å². The molecule has 5 heterocycles. The van der Waals surface area contributed by atoms with Crippen molar-refractivity contribution < 1.29 is 26.4 Å². The third kappa shape index (κ3) is 6.95. The zero-order valence-electron chi connectivity index (χ0n) is 22.4. The molecule has 2 aliphatic heterocycles. The standard InChI is InChI=1S/C22H30N10O6S3/c1-14-16(13-30-3-5-32(6-4-30)41(2,35)36)39-18-17(14)26-19(27-20(18)31-7-9-37-10-8-31)15-11-24-21(25-12-15)28-22(33)29-40(34)38-23/h11-12,40H,3-10,13,23H2,1-2H3,(H,24,25,28,33). The van der Waals surface area contributed by atoms with E-state index in [0.717, 1.165) is 26.5 Å². The summed E-state index contributed by atoms with van der Waals surface area (Å²) >= 11 is 1.65. The van der Waals surface area contributed by atoms with Crippen LogP contribution in [0.15, 0.2) is 16.8 Å². The van der Waals surface area contributed by atoms with Gasteiger partial charge in [0.25, 0.3) is 0 Å². The van der Waals surface area contributed by atoms with Crippen molar-refractivity contribution >= 4 is 60.3 Å². The van der Waals surface area contributed by atoms with Crippen LogP contribution in [0.1, 0.15) is 10.4 Å². The molecule has 1 atom stereocenters. The number of piperazine rings is 1. The summed E-state index contributed by atoms with van der Waals surface area (Å²) in [6, 6.07) is -0.962. The number of sulfonamides is 1. The molecule has 0 radical (unpaired) electrons. The maximum absolute atomic E-state index is 11.9. The highest BCUT2D eigenvalue weighted by Gasteiger charge is 2.26. The van der Waals surface area contributed by atoms with Crippen molar-refractivity contribution in [1.29, 1.82) is 0 Å². The predicted molar refractivity (Wildman–Crippen MR) is 154 cm³/mol. The first-order valence-corrected chi connectivity index (χ1v) is 16.4. The summed E-state index contributed by atoms with van der Waals surface area (Å²) in [7, 11) is -5.87. The second kappa shape index (κ2) is 12.5. The quantitative estimate of drug-likeness (QED) is 0.240. The van der Waals surface area contributed by atoms with Gasteiger partial charge in [0.05, 0.1) is 35.2 Å². The highest BCUT2D eigenvalue weighted by molar-refractivity contribution is 7.88. The van der Waals surface area contributed by atoms with E-state index in [1.165, 1.54) is 23.0 Å². The number of hydrogen-bond donors (Lipinski definition) is 3. The lowest BCUT2D eigenvalue weighted by atomic mass is 10.2. The number of nitrogens with two attached hydrogens (primary N) is 1. The highest BCUT2D eigenvalue weighted by Crippen LogP contribution is 2.38. The molecule has 0 saturated carbocycles. The van der Waals surface area contributed by atoms with Gasteiger partial charge in [0, 0.05) is 63.1 Å². The molecule has 19 heteroatoms. The van der Waals surface area contributed by atoms with E-state index in [1.807, 2.05) is 6.92 Å². The van der Waals surface area contributed by atoms with Gasteiger partial charge in [-0.05, 0) is 12.5 Å². The Labute approximate surface area is 242 Å². The molecule has 222 valence electrons. The van der Waals surface area contributed by atoms with Crippen LogP contribution in [0.4, 0.5) is 16.6 Å². The number of carbonyl (C=O) groups excluding carboxylic acids is 1. The van der Waals surface area contributed by atoms with Gasteiger partial charge in [-0.25, -0.2) is 37.4 Å². The number of ether oxygens (including phenoxy) is 1. The summed E-state index contributed by atoms with van der Waals surface area (Å²) in [5.41, 5.74) is 2.40. The SMILES string of the molecule is Cc1c(CN2CCN(S(C)(=O)=O)CC2)sc2c(N3CCOCC3)nc(-c3cnc(NC(=O)N=[SH](=O)ON)nc3)nc12. The van der Waals surface area contributed by atoms with Gasteiger partial charge in [-0.15, -0.1) is 15.7 Å². The third-order valence-corrected chi connectivity index (χ3v) is 9.81. The van der Waals surface area contributed by atoms with Crippen molar-refractivity contribution in [3.63, 3.8) is 0 Å². The van der Waals surface area contributed by atoms with Crippen molar-refractivity contribution in [2.75, 3.05) is 69.0 Å².